The quantitative estimate of drug-likeness (QED) is 0.707. The number of phenolic OH excluding ortho intramolecular Hbond substituents is 1. The van der Waals surface area contributed by atoms with E-state index < -0.39 is 12.3 Å². The molecule has 2 N–H and O–H groups in total. The van der Waals surface area contributed by atoms with Crippen molar-refractivity contribution in [1.29, 1.82) is 0 Å². The molecule has 4 heterocycles. The molecule has 0 radical (unpaired) electrons. The van der Waals surface area contributed by atoms with Gasteiger partial charge in [0.2, 0.25) is 5.88 Å². The first kappa shape index (κ1) is 18.1. The number of ether oxygens (including phenoxy) is 1. The number of hydrogen-bond donors (Lipinski definition) is 2. The van der Waals surface area contributed by atoms with E-state index in [9.17, 15) is 9.50 Å². The fraction of sp³-hybridized carbons (Fsp3) is 0.381. The highest BCUT2D eigenvalue weighted by Gasteiger charge is 2.45. The third-order valence-electron chi connectivity index (χ3n) is 5.82. The second-order valence-electron chi connectivity index (χ2n) is 7.76. The summed E-state index contributed by atoms with van der Waals surface area (Å²) in [6, 6.07) is 8.59. The Labute approximate surface area is 167 Å². The number of aryl methyl sites for hydroxylation is 1. The number of nitrogens with zero attached hydrogens (tertiary/aromatic N) is 4. The Morgan fingerprint density at radius 1 is 1.21 bits per heavy atom. The molecule has 3 aliphatic rings. The van der Waals surface area contributed by atoms with Gasteiger partial charge in [0.1, 0.15) is 11.9 Å². The molecule has 2 aliphatic heterocycles. The summed E-state index contributed by atoms with van der Waals surface area (Å²) in [5, 5.41) is 22.0. The number of fused-ring (bicyclic) bond motifs is 3. The Kier molecular flexibility index (Phi) is 4.43. The Morgan fingerprint density at radius 2 is 2.10 bits per heavy atom. The fourth-order valence-corrected chi connectivity index (χ4v) is 4.23. The molecule has 0 spiro atoms. The standard InChI is InChI=1S/C21H22FN5O2/c1-12-10-27(11-24-12)14-3-4-15(18(28)8-14)16-6-7-19(26-25-16)29-21-13-2-5-17(20(21)22)23-9-13/h3-4,6-8,10-11,13,17,20-21,23,28H,2,5,9H2,1H3/t13-,17-,20-,21-/m0/s1. The van der Waals surface area contributed by atoms with Gasteiger partial charge in [0.05, 0.1) is 23.4 Å². The number of hydrogen-bond acceptors (Lipinski definition) is 6. The van der Waals surface area contributed by atoms with Gasteiger partial charge in [-0.15, -0.1) is 10.2 Å². The summed E-state index contributed by atoms with van der Waals surface area (Å²) in [4.78, 5) is 4.19. The molecule has 6 rings (SSSR count). The summed E-state index contributed by atoms with van der Waals surface area (Å²) in [5.41, 5.74) is 2.78. The van der Waals surface area contributed by atoms with Crippen LogP contribution in [0, 0.1) is 12.8 Å². The van der Waals surface area contributed by atoms with Crippen LogP contribution in [-0.4, -0.2) is 49.7 Å². The summed E-state index contributed by atoms with van der Waals surface area (Å²) in [7, 11) is 0. The Morgan fingerprint density at radius 3 is 2.72 bits per heavy atom. The number of rotatable bonds is 4. The third-order valence-corrected chi connectivity index (χ3v) is 5.82. The number of imidazole rings is 1. The molecular formula is C21H22FN5O2. The van der Waals surface area contributed by atoms with Crippen LogP contribution in [0.15, 0.2) is 42.9 Å². The largest absolute Gasteiger partial charge is 0.507 e. The number of alkyl halides is 1. The lowest BCUT2D eigenvalue weighted by Gasteiger charge is -2.44. The topological polar surface area (TPSA) is 85.1 Å². The van der Waals surface area contributed by atoms with Crippen molar-refractivity contribution in [3.05, 3.63) is 48.5 Å². The van der Waals surface area contributed by atoms with E-state index in [0.717, 1.165) is 30.8 Å². The van der Waals surface area contributed by atoms with Crippen molar-refractivity contribution in [1.82, 2.24) is 25.1 Å². The number of phenols is 1. The molecule has 2 saturated heterocycles. The van der Waals surface area contributed by atoms with Gasteiger partial charge in [-0.25, -0.2) is 9.37 Å². The van der Waals surface area contributed by atoms with Crippen LogP contribution in [0.5, 0.6) is 11.6 Å². The van der Waals surface area contributed by atoms with Gasteiger partial charge >= 0.3 is 0 Å². The van der Waals surface area contributed by atoms with Crippen LogP contribution in [0.2, 0.25) is 0 Å². The van der Waals surface area contributed by atoms with Gasteiger partial charge in [0.25, 0.3) is 0 Å². The molecule has 3 fully saturated rings. The summed E-state index contributed by atoms with van der Waals surface area (Å²) in [6.07, 6.45) is 3.87. The molecule has 7 nitrogen and oxygen atoms in total. The van der Waals surface area contributed by atoms with E-state index in [1.807, 2.05) is 23.8 Å². The molecule has 8 heteroatoms. The predicted octanol–water partition coefficient (Wildman–Crippen LogP) is 2.81. The maximum atomic E-state index is 14.5. The molecule has 29 heavy (non-hydrogen) atoms. The van der Waals surface area contributed by atoms with Crippen LogP contribution in [0.3, 0.4) is 0 Å². The Bertz CT molecular complexity index is 1010. The van der Waals surface area contributed by atoms with Crippen molar-refractivity contribution in [3.63, 3.8) is 0 Å². The minimum atomic E-state index is -1.03. The highest BCUT2D eigenvalue weighted by atomic mass is 19.1. The van der Waals surface area contributed by atoms with E-state index in [1.54, 1.807) is 30.6 Å². The van der Waals surface area contributed by atoms with Gasteiger partial charge in [-0.05, 0) is 38.0 Å². The van der Waals surface area contributed by atoms with Gasteiger partial charge in [0, 0.05) is 42.4 Å². The molecule has 1 aliphatic carbocycles. The molecule has 150 valence electrons. The van der Waals surface area contributed by atoms with Crippen LogP contribution in [0.4, 0.5) is 4.39 Å². The summed E-state index contributed by atoms with van der Waals surface area (Å²) in [6.45, 7) is 2.68. The lowest BCUT2D eigenvalue weighted by atomic mass is 9.78. The van der Waals surface area contributed by atoms with E-state index in [0.29, 0.717) is 17.1 Å². The van der Waals surface area contributed by atoms with Gasteiger partial charge in [-0.2, -0.15) is 0 Å². The third kappa shape index (κ3) is 3.33. The van der Waals surface area contributed by atoms with E-state index in [1.165, 1.54) is 0 Å². The first-order chi connectivity index (χ1) is 14.1. The van der Waals surface area contributed by atoms with Crippen molar-refractivity contribution in [2.75, 3.05) is 6.54 Å². The van der Waals surface area contributed by atoms with Gasteiger partial charge in [-0.3, -0.25) is 0 Å². The molecule has 2 bridgehead atoms. The van der Waals surface area contributed by atoms with Crippen molar-refractivity contribution in [2.45, 2.75) is 38.1 Å². The molecule has 2 aromatic heterocycles. The molecule has 4 atom stereocenters. The SMILES string of the molecule is Cc1cn(-c2ccc(-c3ccc(O[C@H]4[C@H]5CC[C@H](NC5)[C@@H]4F)nn3)c(O)c2)cn1. The Hall–Kier alpha value is -3.00. The van der Waals surface area contributed by atoms with Gasteiger partial charge in [0.15, 0.2) is 6.17 Å². The summed E-state index contributed by atoms with van der Waals surface area (Å²) in [5.74, 6) is 0.551. The molecular weight excluding hydrogens is 373 g/mol. The number of halogens is 1. The number of piperidine rings is 2. The normalized spacial score (nSPS) is 25.9. The smallest absolute Gasteiger partial charge is 0.233 e. The zero-order chi connectivity index (χ0) is 20.0. The van der Waals surface area contributed by atoms with E-state index in [2.05, 4.69) is 20.5 Å². The second kappa shape index (κ2) is 7.11. The highest BCUT2D eigenvalue weighted by Crippen LogP contribution is 2.35. The zero-order valence-electron chi connectivity index (χ0n) is 16.0. The van der Waals surface area contributed by atoms with Crippen molar-refractivity contribution >= 4 is 0 Å². The molecule has 3 aromatic rings. The number of benzene rings is 1. The molecule has 0 amide bonds. The van der Waals surface area contributed by atoms with E-state index in [-0.39, 0.29) is 17.7 Å². The first-order valence-electron chi connectivity index (χ1n) is 9.81. The lowest BCUT2D eigenvalue weighted by Crippen LogP contribution is -2.61. The average molecular weight is 395 g/mol. The van der Waals surface area contributed by atoms with Crippen molar-refractivity contribution in [2.24, 2.45) is 5.92 Å². The van der Waals surface area contributed by atoms with E-state index >= 15 is 0 Å². The van der Waals surface area contributed by atoms with Crippen LogP contribution in [0.1, 0.15) is 18.5 Å². The molecule has 0 unspecified atom stereocenters. The zero-order valence-corrected chi connectivity index (χ0v) is 16.0. The van der Waals surface area contributed by atoms with Gasteiger partial charge in [-0.1, -0.05) is 0 Å². The number of aromatic nitrogens is 4. The molecule has 1 saturated carbocycles. The molecule has 1 aromatic carbocycles. The fourth-order valence-electron chi connectivity index (χ4n) is 4.23. The highest BCUT2D eigenvalue weighted by molar-refractivity contribution is 5.68. The van der Waals surface area contributed by atoms with Crippen LogP contribution >= 0.6 is 0 Å². The minimum absolute atomic E-state index is 0.0938. The van der Waals surface area contributed by atoms with Crippen molar-refractivity contribution < 1.29 is 14.2 Å². The monoisotopic (exact) mass is 395 g/mol. The van der Waals surface area contributed by atoms with Crippen molar-refractivity contribution in [3.8, 4) is 28.6 Å². The average Bonchev–Trinajstić information content (AvgIpc) is 3.18. The minimum Gasteiger partial charge on any atom is -0.507 e. The first-order valence-corrected chi connectivity index (χ1v) is 9.81. The Balaban J connectivity index is 1.34. The maximum absolute atomic E-state index is 14.5. The van der Waals surface area contributed by atoms with Crippen LogP contribution in [0.25, 0.3) is 16.9 Å². The second-order valence-corrected chi connectivity index (χ2v) is 7.76. The lowest BCUT2D eigenvalue weighted by molar-refractivity contribution is -0.0353. The number of nitrogens with one attached hydrogen (secondary N) is 1. The van der Waals surface area contributed by atoms with E-state index in [4.69, 9.17) is 4.74 Å². The van der Waals surface area contributed by atoms with Gasteiger partial charge < -0.3 is 19.7 Å². The van der Waals surface area contributed by atoms with Crippen LogP contribution < -0.4 is 10.1 Å². The number of aromatic hydroxyl groups is 1. The predicted molar refractivity (Wildman–Crippen MR) is 105 cm³/mol. The maximum Gasteiger partial charge on any atom is 0.233 e. The summed E-state index contributed by atoms with van der Waals surface area (Å²) >= 11 is 0. The van der Waals surface area contributed by atoms with Crippen LogP contribution in [-0.2, 0) is 0 Å². The summed E-state index contributed by atoms with van der Waals surface area (Å²) < 4.78 is 22.2.